The highest BCUT2D eigenvalue weighted by atomic mass is 16.1. The molecule has 1 rings (SSSR count). The standard InChI is InChI=1S/C14H14N2O/c1-2-4-14(10-16-8-7-15)13-6-3-5-12(9-13)11-17/h2,4,6,8-11H,3,5H2,1H3/b4-2-,14-10+,16-8?. The Hall–Kier alpha value is -2.21. The number of carbonyl (C=O) groups excluding carboxylic acids is 1. The van der Waals surface area contributed by atoms with E-state index in [1.807, 2.05) is 31.2 Å². The first-order chi connectivity index (χ1) is 8.31. The van der Waals surface area contributed by atoms with Gasteiger partial charge in [-0.05, 0) is 42.6 Å². The number of hydrogen-bond acceptors (Lipinski definition) is 3. The van der Waals surface area contributed by atoms with E-state index in [4.69, 9.17) is 5.26 Å². The average Bonchev–Trinajstić information content (AvgIpc) is 2.38. The van der Waals surface area contributed by atoms with E-state index in [2.05, 4.69) is 11.1 Å². The zero-order valence-corrected chi connectivity index (χ0v) is 9.76. The molecule has 86 valence electrons. The predicted octanol–water partition coefficient (Wildman–Crippen LogP) is 2.89. The molecule has 0 atom stereocenters. The normalized spacial score (nSPS) is 16.8. The topological polar surface area (TPSA) is 53.2 Å². The molecule has 1 aliphatic rings. The summed E-state index contributed by atoms with van der Waals surface area (Å²) in [7, 11) is 0. The van der Waals surface area contributed by atoms with Crippen molar-refractivity contribution in [1.82, 2.24) is 0 Å². The summed E-state index contributed by atoms with van der Waals surface area (Å²) >= 11 is 0. The quantitative estimate of drug-likeness (QED) is 0.420. The zero-order chi connectivity index (χ0) is 12.5. The molecular weight excluding hydrogens is 212 g/mol. The molecule has 0 spiro atoms. The fourth-order valence-corrected chi connectivity index (χ4v) is 1.56. The van der Waals surface area contributed by atoms with Crippen LogP contribution in [-0.4, -0.2) is 12.5 Å². The molecule has 0 saturated heterocycles. The lowest BCUT2D eigenvalue weighted by molar-refractivity contribution is -0.105. The van der Waals surface area contributed by atoms with Gasteiger partial charge in [-0.3, -0.25) is 9.79 Å². The van der Waals surface area contributed by atoms with E-state index in [-0.39, 0.29) is 0 Å². The average molecular weight is 226 g/mol. The first-order valence-electron chi connectivity index (χ1n) is 5.42. The van der Waals surface area contributed by atoms with Crippen molar-refractivity contribution < 1.29 is 4.79 Å². The summed E-state index contributed by atoms with van der Waals surface area (Å²) in [6.45, 7) is 1.91. The van der Waals surface area contributed by atoms with E-state index in [0.29, 0.717) is 0 Å². The molecule has 0 aromatic heterocycles. The van der Waals surface area contributed by atoms with Crippen molar-refractivity contribution >= 4 is 12.5 Å². The highest BCUT2D eigenvalue weighted by Gasteiger charge is 2.06. The minimum atomic E-state index is 0.789. The first kappa shape index (κ1) is 12.9. The number of allylic oxidation sites excluding steroid dienone is 7. The van der Waals surface area contributed by atoms with Gasteiger partial charge in [0, 0.05) is 6.20 Å². The number of rotatable bonds is 4. The van der Waals surface area contributed by atoms with Gasteiger partial charge in [0.25, 0.3) is 0 Å². The molecule has 0 aromatic carbocycles. The number of carbonyl (C=O) groups is 1. The third kappa shape index (κ3) is 4.04. The molecular formula is C14H14N2O. The molecule has 1 aliphatic carbocycles. The zero-order valence-electron chi connectivity index (χ0n) is 9.76. The van der Waals surface area contributed by atoms with Crippen molar-refractivity contribution in [2.45, 2.75) is 19.8 Å². The van der Waals surface area contributed by atoms with Crippen LogP contribution in [-0.2, 0) is 4.79 Å². The molecule has 3 heteroatoms. The maximum Gasteiger partial charge on any atom is 0.146 e. The molecule has 17 heavy (non-hydrogen) atoms. The van der Waals surface area contributed by atoms with Crippen LogP contribution in [0.3, 0.4) is 0 Å². The van der Waals surface area contributed by atoms with Crippen LogP contribution >= 0.6 is 0 Å². The van der Waals surface area contributed by atoms with Gasteiger partial charge in [-0.25, -0.2) is 0 Å². The molecule has 0 amide bonds. The Kier molecular flexibility index (Phi) is 5.39. The largest absolute Gasteiger partial charge is 0.298 e. The Morgan fingerprint density at radius 3 is 3.06 bits per heavy atom. The van der Waals surface area contributed by atoms with Gasteiger partial charge >= 0.3 is 0 Å². The SMILES string of the molecule is C/C=C\C(=C/N=CC#N)C1=CCCC(C=O)=C1. The second-order valence-corrected chi connectivity index (χ2v) is 3.53. The van der Waals surface area contributed by atoms with Gasteiger partial charge in [0.05, 0.1) is 0 Å². The molecule has 0 aliphatic heterocycles. The van der Waals surface area contributed by atoms with Crippen LogP contribution in [0.15, 0.2) is 52.2 Å². The summed E-state index contributed by atoms with van der Waals surface area (Å²) in [6, 6.07) is 1.84. The van der Waals surface area contributed by atoms with Crippen LogP contribution in [0.25, 0.3) is 0 Å². The predicted molar refractivity (Wildman–Crippen MR) is 68.5 cm³/mol. The second kappa shape index (κ2) is 7.13. The van der Waals surface area contributed by atoms with Crippen LogP contribution in [0.4, 0.5) is 0 Å². The lowest BCUT2D eigenvalue weighted by Gasteiger charge is -2.10. The Morgan fingerprint density at radius 2 is 2.41 bits per heavy atom. The van der Waals surface area contributed by atoms with Gasteiger partial charge in [0.15, 0.2) is 0 Å². The molecule has 0 aromatic rings. The molecule has 0 bridgehead atoms. The van der Waals surface area contributed by atoms with Crippen LogP contribution in [0, 0.1) is 11.3 Å². The van der Waals surface area contributed by atoms with Crippen LogP contribution in [0.5, 0.6) is 0 Å². The minimum Gasteiger partial charge on any atom is -0.298 e. The fourth-order valence-electron chi connectivity index (χ4n) is 1.56. The maximum atomic E-state index is 10.7. The van der Waals surface area contributed by atoms with Gasteiger partial charge in [-0.2, -0.15) is 5.26 Å². The molecule has 0 saturated carbocycles. The van der Waals surface area contributed by atoms with Gasteiger partial charge in [-0.1, -0.05) is 18.2 Å². The molecule has 0 heterocycles. The maximum absolute atomic E-state index is 10.7. The van der Waals surface area contributed by atoms with E-state index < -0.39 is 0 Å². The summed E-state index contributed by atoms with van der Waals surface area (Å²) in [5.74, 6) is 0. The molecule has 0 N–H and O–H groups in total. The lowest BCUT2D eigenvalue weighted by Crippen LogP contribution is -1.95. The van der Waals surface area contributed by atoms with Crippen molar-refractivity contribution in [1.29, 1.82) is 5.26 Å². The highest BCUT2D eigenvalue weighted by Crippen LogP contribution is 2.22. The molecule has 3 nitrogen and oxygen atoms in total. The Balaban J connectivity index is 3.00. The minimum absolute atomic E-state index is 0.789. The number of aldehydes is 1. The highest BCUT2D eigenvalue weighted by molar-refractivity contribution is 5.77. The summed E-state index contributed by atoms with van der Waals surface area (Å²) in [6.07, 6.45) is 13.1. The number of nitrogens with zero attached hydrogens (tertiary/aromatic N) is 2. The summed E-state index contributed by atoms with van der Waals surface area (Å²) in [5, 5.41) is 8.38. The van der Waals surface area contributed by atoms with Crippen LogP contribution < -0.4 is 0 Å². The third-order valence-electron chi connectivity index (χ3n) is 2.31. The van der Waals surface area contributed by atoms with Crippen molar-refractivity contribution in [3.8, 4) is 6.07 Å². The van der Waals surface area contributed by atoms with Crippen molar-refractivity contribution in [2.24, 2.45) is 4.99 Å². The van der Waals surface area contributed by atoms with Gasteiger partial charge in [0.2, 0.25) is 0 Å². The van der Waals surface area contributed by atoms with E-state index in [1.54, 1.807) is 6.20 Å². The number of aliphatic imine (C=N–C) groups is 1. The van der Waals surface area contributed by atoms with Gasteiger partial charge in [-0.15, -0.1) is 0 Å². The Labute approximate surface area is 101 Å². The smallest absolute Gasteiger partial charge is 0.146 e. The van der Waals surface area contributed by atoms with Gasteiger partial charge < -0.3 is 0 Å². The Morgan fingerprint density at radius 1 is 1.59 bits per heavy atom. The number of nitriles is 1. The Bertz CT molecular complexity index is 471. The van der Waals surface area contributed by atoms with Crippen LogP contribution in [0.1, 0.15) is 19.8 Å². The third-order valence-corrected chi connectivity index (χ3v) is 2.31. The van der Waals surface area contributed by atoms with E-state index >= 15 is 0 Å². The summed E-state index contributed by atoms with van der Waals surface area (Å²) < 4.78 is 0. The second-order valence-electron chi connectivity index (χ2n) is 3.53. The number of hydrogen-bond donors (Lipinski definition) is 0. The van der Waals surface area contributed by atoms with Gasteiger partial charge in [0.1, 0.15) is 18.6 Å². The van der Waals surface area contributed by atoms with Crippen molar-refractivity contribution in [3.63, 3.8) is 0 Å². The molecule has 0 radical (unpaired) electrons. The summed E-state index contributed by atoms with van der Waals surface area (Å²) in [4.78, 5) is 14.6. The van der Waals surface area contributed by atoms with E-state index in [9.17, 15) is 4.79 Å². The molecule has 0 unspecified atom stereocenters. The first-order valence-corrected chi connectivity index (χ1v) is 5.42. The van der Waals surface area contributed by atoms with Crippen molar-refractivity contribution in [2.75, 3.05) is 0 Å². The van der Waals surface area contributed by atoms with E-state index in [1.165, 1.54) is 6.21 Å². The van der Waals surface area contributed by atoms with Crippen molar-refractivity contribution in [3.05, 3.63) is 47.2 Å². The lowest BCUT2D eigenvalue weighted by atomic mass is 9.95. The fraction of sp³-hybridized carbons (Fsp3) is 0.214. The van der Waals surface area contributed by atoms with E-state index in [0.717, 1.165) is 35.8 Å². The monoisotopic (exact) mass is 226 g/mol. The van der Waals surface area contributed by atoms with Crippen LogP contribution in [0.2, 0.25) is 0 Å². The molecule has 0 fully saturated rings. The summed E-state index contributed by atoms with van der Waals surface area (Å²) in [5.41, 5.74) is 2.67.